The Bertz CT molecular complexity index is 1130. The summed E-state index contributed by atoms with van der Waals surface area (Å²) in [6.07, 6.45) is 2.65. The Morgan fingerprint density at radius 2 is 1.84 bits per heavy atom. The smallest absolute Gasteiger partial charge is 0.243 e. The van der Waals surface area contributed by atoms with Crippen molar-refractivity contribution in [3.63, 3.8) is 0 Å². The van der Waals surface area contributed by atoms with E-state index in [2.05, 4.69) is 5.32 Å². The van der Waals surface area contributed by atoms with Crippen LogP contribution in [0.2, 0.25) is 5.02 Å². The summed E-state index contributed by atoms with van der Waals surface area (Å²) in [7, 11) is -3.69. The number of hydrogen-bond acceptors (Lipinski definition) is 4. The van der Waals surface area contributed by atoms with Crippen LogP contribution in [-0.2, 0) is 19.6 Å². The first-order chi connectivity index (χ1) is 15.3. The average Bonchev–Trinajstić information content (AvgIpc) is 3.20. The number of sulfonamides is 1. The molecule has 32 heavy (non-hydrogen) atoms. The number of nitrogens with zero attached hydrogens (tertiary/aromatic N) is 2. The van der Waals surface area contributed by atoms with Gasteiger partial charge < -0.3 is 10.2 Å². The number of aryl methyl sites for hydroxylation is 1. The fraction of sp³-hybridized carbons (Fsp3) is 0.391. The zero-order valence-corrected chi connectivity index (χ0v) is 19.5. The van der Waals surface area contributed by atoms with Crippen LogP contribution in [0, 0.1) is 12.8 Å². The predicted octanol–water partition coefficient (Wildman–Crippen LogP) is 3.81. The highest BCUT2D eigenvalue weighted by Gasteiger charge is 2.33. The van der Waals surface area contributed by atoms with E-state index in [0.717, 1.165) is 17.7 Å². The van der Waals surface area contributed by atoms with E-state index in [9.17, 15) is 18.0 Å². The highest BCUT2D eigenvalue weighted by molar-refractivity contribution is 7.89. The van der Waals surface area contributed by atoms with Gasteiger partial charge in [0.05, 0.1) is 10.8 Å². The summed E-state index contributed by atoms with van der Waals surface area (Å²) in [5.74, 6) is -0.523. The van der Waals surface area contributed by atoms with Gasteiger partial charge in [0.1, 0.15) is 0 Å². The Hall–Kier alpha value is -2.42. The largest absolute Gasteiger partial charge is 0.326 e. The van der Waals surface area contributed by atoms with Gasteiger partial charge in [-0.2, -0.15) is 4.31 Å². The maximum atomic E-state index is 13.0. The van der Waals surface area contributed by atoms with Gasteiger partial charge in [0.25, 0.3) is 0 Å². The normalized spacial score (nSPS) is 19.9. The van der Waals surface area contributed by atoms with E-state index < -0.39 is 15.9 Å². The molecule has 0 aliphatic carbocycles. The summed E-state index contributed by atoms with van der Waals surface area (Å²) in [5.41, 5.74) is 2.41. The number of rotatable bonds is 5. The summed E-state index contributed by atoms with van der Waals surface area (Å²) < 4.78 is 27.3. The van der Waals surface area contributed by atoms with Crippen molar-refractivity contribution in [1.82, 2.24) is 4.31 Å². The topological polar surface area (TPSA) is 86.8 Å². The van der Waals surface area contributed by atoms with Gasteiger partial charge in [0.15, 0.2) is 0 Å². The lowest BCUT2D eigenvalue weighted by Gasteiger charge is -2.31. The van der Waals surface area contributed by atoms with Crippen LogP contribution in [-0.4, -0.2) is 44.2 Å². The summed E-state index contributed by atoms with van der Waals surface area (Å²) >= 11 is 5.87. The SMILES string of the molecule is Cc1cc(NC(=O)[C@H]2CCCN(S(=O)(=O)c3ccc(Cl)cc3)C2)ccc1N1CCCC1=O. The molecule has 2 aromatic carbocycles. The number of piperidine rings is 1. The number of anilines is 2. The molecule has 170 valence electrons. The van der Waals surface area contributed by atoms with Crippen molar-refractivity contribution >= 4 is 44.8 Å². The van der Waals surface area contributed by atoms with Crippen LogP contribution in [0.1, 0.15) is 31.2 Å². The second kappa shape index (κ2) is 9.21. The summed E-state index contributed by atoms with van der Waals surface area (Å²) in [5, 5.41) is 3.39. The van der Waals surface area contributed by atoms with Crippen LogP contribution in [0.4, 0.5) is 11.4 Å². The minimum Gasteiger partial charge on any atom is -0.326 e. The molecule has 4 rings (SSSR count). The molecule has 7 nitrogen and oxygen atoms in total. The van der Waals surface area contributed by atoms with Crippen molar-refractivity contribution in [2.45, 2.75) is 37.5 Å². The van der Waals surface area contributed by atoms with E-state index in [1.54, 1.807) is 23.1 Å². The fourth-order valence-electron chi connectivity index (χ4n) is 4.31. The van der Waals surface area contributed by atoms with Gasteiger partial charge in [0.2, 0.25) is 21.8 Å². The molecule has 2 amide bonds. The first-order valence-electron chi connectivity index (χ1n) is 10.7. The van der Waals surface area contributed by atoms with Gasteiger partial charge in [0, 0.05) is 42.5 Å². The number of nitrogens with one attached hydrogen (secondary N) is 1. The number of amides is 2. The minimum absolute atomic E-state index is 0.120. The van der Waals surface area contributed by atoms with Gasteiger partial charge in [-0.25, -0.2) is 8.42 Å². The maximum Gasteiger partial charge on any atom is 0.243 e. The molecule has 1 atom stereocenters. The molecule has 2 fully saturated rings. The van der Waals surface area contributed by atoms with Crippen molar-refractivity contribution < 1.29 is 18.0 Å². The van der Waals surface area contributed by atoms with Gasteiger partial charge in [-0.15, -0.1) is 0 Å². The molecule has 0 saturated carbocycles. The molecular formula is C23H26ClN3O4S. The minimum atomic E-state index is -3.69. The molecule has 2 aliphatic heterocycles. The van der Waals surface area contributed by atoms with Crippen LogP contribution >= 0.6 is 11.6 Å². The van der Waals surface area contributed by atoms with Crippen LogP contribution in [0.5, 0.6) is 0 Å². The third-order valence-electron chi connectivity index (χ3n) is 6.03. The van der Waals surface area contributed by atoms with Gasteiger partial charge >= 0.3 is 0 Å². The monoisotopic (exact) mass is 475 g/mol. The number of carbonyl (C=O) groups excluding carboxylic acids is 2. The second-order valence-electron chi connectivity index (χ2n) is 8.30. The zero-order chi connectivity index (χ0) is 22.9. The molecule has 2 aliphatic rings. The second-order valence-corrected chi connectivity index (χ2v) is 10.7. The fourth-order valence-corrected chi connectivity index (χ4v) is 5.96. The molecule has 0 aromatic heterocycles. The number of halogens is 1. The van der Waals surface area contributed by atoms with Crippen LogP contribution in [0.15, 0.2) is 47.4 Å². The van der Waals surface area contributed by atoms with E-state index in [0.29, 0.717) is 43.1 Å². The van der Waals surface area contributed by atoms with Crippen LogP contribution in [0.3, 0.4) is 0 Å². The summed E-state index contributed by atoms with van der Waals surface area (Å²) in [6.45, 7) is 3.14. The predicted molar refractivity (Wildman–Crippen MR) is 124 cm³/mol. The average molecular weight is 476 g/mol. The van der Waals surface area contributed by atoms with Crippen LogP contribution < -0.4 is 10.2 Å². The molecule has 0 radical (unpaired) electrons. The Labute approximate surface area is 193 Å². The van der Waals surface area contributed by atoms with E-state index in [4.69, 9.17) is 11.6 Å². The Kier molecular flexibility index (Phi) is 6.55. The van der Waals surface area contributed by atoms with Crippen molar-refractivity contribution in [2.75, 3.05) is 29.9 Å². The Morgan fingerprint density at radius 1 is 1.09 bits per heavy atom. The molecule has 9 heteroatoms. The van der Waals surface area contributed by atoms with Gasteiger partial charge in [-0.05, 0) is 74.2 Å². The lowest BCUT2D eigenvalue weighted by molar-refractivity contribution is -0.121. The number of carbonyl (C=O) groups is 2. The first kappa shape index (κ1) is 22.8. The maximum absolute atomic E-state index is 13.0. The lowest BCUT2D eigenvalue weighted by atomic mass is 9.98. The standard InChI is InChI=1S/C23H26ClN3O4S/c1-16-14-19(8-11-21(16)27-13-3-5-22(27)28)25-23(29)17-4-2-12-26(15-17)32(30,31)20-9-6-18(24)7-10-20/h6-11,14,17H,2-5,12-13,15H2,1H3,(H,25,29)/t17-/m0/s1. The van der Waals surface area contributed by atoms with E-state index in [1.165, 1.54) is 16.4 Å². The number of benzene rings is 2. The van der Waals surface area contributed by atoms with E-state index in [1.807, 2.05) is 19.1 Å². The molecular weight excluding hydrogens is 450 g/mol. The van der Waals surface area contributed by atoms with Gasteiger partial charge in [-0.1, -0.05) is 11.6 Å². The van der Waals surface area contributed by atoms with Gasteiger partial charge in [-0.3, -0.25) is 9.59 Å². The third-order valence-corrected chi connectivity index (χ3v) is 8.17. The molecule has 0 bridgehead atoms. The quantitative estimate of drug-likeness (QED) is 0.712. The highest BCUT2D eigenvalue weighted by Crippen LogP contribution is 2.29. The van der Waals surface area contributed by atoms with Crippen molar-refractivity contribution in [2.24, 2.45) is 5.92 Å². The lowest BCUT2D eigenvalue weighted by Crippen LogP contribution is -2.43. The molecule has 0 spiro atoms. The molecule has 1 N–H and O–H groups in total. The molecule has 2 aromatic rings. The van der Waals surface area contributed by atoms with Crippen LogP contribution in [0.25, 0.3) is 0 Å². The van der Waals surface area contributed by atoms with Crippen molar-refractivity contribution in [3.8, 4) is 0 Å². The Morgan fingerprint density at radius 3 is 2.50 bits per heavy atom. The molecule has 2 heterocycles. The summed E-state index contributed by atoms with van der Waals surface area (Å²) in [6, 6.07) is 11.6. The molecule has 0 unspecified atom stereocenters. The third kappa shape index (κ3) is 4.67. The first-order valence-corrected chi connectivity index (χ1v) is 12.5. The summed E-state index contributed by atoms with van der Waals surface area (Å²) in [4.78, 5) is 26.9. The van der Waals surface area contributed by atoms with Crippen molar-refractivity contribution in [3.05, 3.63) is 53.1 Å². The van der Waals surface area contributed by atoms with Crippen molar-refractivity contribution in [1.29, 1.82) is 0 Å². The Balaban J connectivity index is 1.44. The van der Waals surface area contributed by atoms with E-state index >= 15 is 0 Å². The zero-order valence-electron chi connectivity index (χ0n) is 17.9. The van der Waals surface area contributed by atoms with E-state index in [-0.39, 0.29) is 23.3 Å². The molecule has 2 saturated heterocycles. The number of hydrogen-bond donors (Lipinski definition) is 1. The highest BCUT2D eigenvalue weighted by atomic mass is 35.5.